The van der Waals surface area contributed by atoms with Crippen LogP contribution in [0.4, 0.5) is 28.4 Å². The van der Waals surface area contributed by atoms with Gasteiger partial charge in [-0.1, -0.05) is 18.2 Å². The molecule has 0 aliphatic rings. The van der Waals surface area contributed by atoms with E-state index in [4.69, 9.17) is 9.47 Å². The molecule has 0 radical (unpaired) electrons. The largest absolute Gasteiger partial charge is 0.494 e. The van der Waals surface area contributed by atoms with Gasteiger partial charge < -0.3 is 14.4 Å². The number of aliphatic imine (C=N–C) groups is 2. The number of isocyanates is 2. The van der Waals surface area contributed by atoms with Crippen LogP contribution in [0, 0.1) is 0 Å². The van der Waals surface area contributed by atoms with Crippen molar-refractivity contribution >= 4 is 40.6 Å². The monoisotopic (exact) mass is 387 g/mol. The molecule has 3 aromatic carbocycles. The van der Waals surface area contributed by atoms with Gasteiger partial charge in [0.15, 0.2) is 0 Å². The Balaban J connectivity index is 2.24. The molecule has 0 N–H and O–H groups in total. The molecule has 0 amide bonds. The zero-order valence-corrected chi connectivity index (χ0v) is 15.8. The Morgan fingerprint density at radius 3 is 1.97 bits per heavy atom. The van der Waals surface area contributed by atoms with E-state index in [1.807, 2.05) is 47.4 Å². The van der Waals surface area contributed by atoms with Crippen molar-refractivity contribution in [1.82, 2.24) is 0 Å². The maximum Gasteiger partial charge on any atom is 0.240 e. The molecule has 3 aromatic rings. The summed E-state index contributed by atoms with van der Waals surface area (Å²) in [7, 11) is 3.03. The molecule has 0 saturated carbocycles. The summed E-state index contributed by atoms with van der Waals surface area (Å²) in [5, 5.41) is 0. The highest BCUT2D eigenvalue weighted by atomic mass is 16.5. The number of ether oxygens (including phenoxy) is 2. The van der Waals surface area contributed by atoms with Gasteiger partial charge in [-0.05, 0) is 36.4 Å². The van der Waals surface area contributed by atoms with Gasteiger partial charge in [-0.15, -0.1) is 0 Å². The lowest BCUT2D eigenvalue weighted by molar-refractivity contribution is 0.405. The van der Waals surface area contributed by atoms with E-state index in [0.717, 1.165) is 11.4 Å². The molecule has 0 spiro atoms. The van der Waals surface area contributed by atoms with Crippen LogP contribution in [0.2, 0.25) is 0 Å². The second-order valence-corrected chi connectivity index (χ2v) is 5.79. The Hall–Kier alpha value is -4.18. The maximum atomic E-state index is 10.8. The summed E-state index contributed by atoms with van der Waals surface area (Å²) in [4.78, 5) is 30.5. The van der Waals surface area contributed by atoms with E-state index in [1.54, 1.807) is 24.3 Å². The Labute approximate surface area is 167 Å². The van der Waals surface area contributed by atoms with E-state index < -0.39 is 0 Å². The first-order valence-corrected chi connectivity index (χ1v) is 8.58. The molecular weight excluding hydrogens is 370 g/mol. The number of hydrogen-bond donors (Lipinski definition) is 0. The van der Waals surface area contributed by atoms with Crippen LogP contribution in [0.5, 0.6) is 11.5 Å². The Bertz CT molecular complexity index is 1090. The summed E-state index contributed by atoms with van der Waals surface area (Å²) in [6.45, 7) is 0. The van der Waals surface area contributed by atoms with Crippen molar-refractivity contribution < 1.29 is 19.1 Å². The van der Waals surface area contributed by atoms with Gasteiger partial charge in [0.25, 0.3) is 0 Å². The number of carbonyl (C=O) groups excluding carboxylic acids is 2. The van der Waals surface area contributed by atoms with Crippen molar-refractivity contribution in [3.8, 4) is 11.5 Å². The first-order valence-electron chi connectivity index (χ1n) is 8.58. The van der Waals surface area contributed by atoms with Gasteiger partial charge in [0.2, 0.25) is 12.2 Å². The Morgan fingerprint density at radius 2 is 1.38 bits per heavy atom. The molecule has 7 heteroatoms. The molecule has 0 fully saturated rings. The molecule has 0 aromatic heterocycles. The molecule has 0 saturated heterocycles. The molecule has 7 nitrogen and oxygen atoms in total. The Kier molecular flexibility index (Phi) is 6.18. The number of anilines is 3. The van der Waals surface area contributed by atoms with Crippen molar-refractivity contribution in [2.75, 3.05) is 19.1 Å². The van der Waals surface area contributed by atoms with Crippen LogP contribution < -0.4 is 14.4 Å². The predicted molar refractivity (Wildman–Crippen MR) is 110 cm³/mol. The van der Waals surface area contributed by atoms with Gasteiger partial charge in [0, 0.05) is 23.5 Å². The molecule has 0 bridgehead atoms. The van der Waals surface area contributed by atoms with Crippen molar-refractivity contribution in [1.29, 1.82) is 0 Å². The average molecular weight is 387 g/mol. The van der Waals surface area contributed by atoms with Gasteiger partial charge >= 0.3 is 0 Å². The van der Waals surface area contributed by atoms with E-state index in [9.17, 15) is 9.59 Å². The van der Waals surface area contributed by atoms with Crippen molar-refractivity contribution in [2.24, 2.45) is 9.98 Å². The molecule has 29 heavy (non-hydrogen) atoms. The third kappa shape index (κ3) is 4.22. The Morgan fingerprint density at radius 1 is 0.759 bits per heavy atom. The van der Waals surface area contributed by atoms with Crippen molar-refractivity contribution in [3.63, 3.8) is 0 Å². The molecule has 144 valence electrons. The average Bonchev–Trinajstić information content (AvgIpc) is 2.76. The van der Waals surface area contributed by atoms with E-state index >= 15 is 0 Å². The van der Waals surface area contributed by atoms with Crippen LogP contribution in [0.25, 0.3) is 0 Å². The number of hydrogen-bond acceptors (Lipinski definition) is 7. The van der Waals surface area contributed by atoms with Gasteiger partial charge in [-0.25, -0.2) is 9.59 Å². The lowest BCUT2D eigenvalue weighted by atomic mass is 10.1. The fraction of sp³-hybridized carbons (Fsp3) is 0.0909. The minimum atomic E-state index is 0.312. The third-order valence-electron chi connectivity index (χ3n) is 4.18. The van der Waals surface area contributed by atoms with Crippen LogP contribution >= 0.6 is 0 Å². The molecule has 0 aliphatic heterocycles. The third-order valence-corrected chi connectivity index (χ3v) is 4.18. The van der Waals surface area contributed by atoms with Crippen LogP contribution in [0.15, 0.2) is 76.7 Å². The normalized spacial score (nSPS) is 9.72. The SMILES string of the molecule is COc1cc(N(c2ccccc2)c2ccc(N=C=O)cc2)c(OC)cc1N=C=O. The molecule has 0 unspecified atom stereocenters. The first kappa shape index (κ1) is 19.6. The second kappa shape index (κ2) is 9.15. The minimum absolute atomic E-state index is 0.312. The summed E-state index contributed by atoms with van der Waals surface area (Å²) in [6, 6.07) is 20.1. The molecular formula is C22H17N3O4. The van der Waals surface area contributed by atoms with Crippen molar-refractivity contribution in [2.45, 2.75) is 0 Å². The highest BCUT2D eigenvalue weighted by molar-refractivity contribution is 5.83. The highest BCUT2D eigenvalue weighted by Gasteiger charge is 2.20. The first-order chi connectivity index (χ1) is 14.2. The van der Waals surface area contributed by atoms with E-state index in [1.165, 1.54) is 26.4 Å². The van der Waals surface area contributed by atoms with Gasteiger partial charge in [-0.2, -0.15) is 9.98 Å². The zero-order chi connectivity index (χ0) is 20.6. The summed E-state index contributed by atoms with van der Waals surface area (Å²) >= 11 is 0. The summed E-state index contributed by atoms with van der Waals surface area (Å²) < 4.78 is 11.0. The van der Waals surface area contributed by atoms with Crippen LogP contribution in [-0.2, 0) is 9.59 Å². The smallest absolute Gasteiger partial charge is 0.240 e. The van der Waals surface area contributed by atoms with E-state index in [-0.39, 0.29) is 0 Å². The lowest BCUT2D eigenvalue weighted by Crippen LogP contribution is -2.11. The molecule has 3 rings (SSSR count). The van der Waals surface area contributed by atoms with Crippen LogP contribution in [0.1, 0.15) is 0 Å². The van der Waals surface area contributed by atoms with Crippen LogP contribution in [0.3, 0.4) is 0 Å². The van der Waals surface area contributed by atoms with E-state index in [0.29, 0.717) is 28.6 Å². The topological polar surface area (TPSA) is 80.6 Å². The standard InChI is InChI=1S/C22H17N3O4/c1-28-21-13-20(22(29-2)12-19(21)24-15-27)25(17-6-4-3-5-7-17)18-10-8-16(9-11-18)23-14-26/h3-13H,1-2H3. The van der Waals surface area contributed by atoms with Crippen LogP contribution in [-0.4, -0.2) is 26.4 Å². The quantitative estimate of drug-likeness (QED) is 0.416. The lowest BCUT2D eigenvalue weighted by Gasteiger charge is -2.27. The fourth-order valence-corrected chi connectivity index (χ4v) is 2.91. The molecule has 0 atom stereocenters. The zero-order valence-electron chi connectivity index (χ0n) is 15.8. The minimum Gasteiger partial charge on any atom is -0.494 e. The van der Waals surface area contributed by atoms with E-state index in [2.05, 4.69) is 9.98 Å². The summed E-state index contributed by atoms with van der Waals surface area (Å²) in [6.07, 6.45) is 3.05. The highest BCUT2D eigenvalue weighted by Crippen LogP contribution is 2.45. The number of nitrogens with zero attached hydrogens (tertiary/aromatic N) is 3. The summed E-state index contributed by atoms with van der Waals surface area (Å²) in [5.74, 6) is 0.880. The van der Waals surface area contributed by atoms with Crippen molar-refractivity contribution in [3.05, 3.63) is 66.7 Å². The van der Waals surface area contributed by atoms with Gasteiger partial charge in [0.05, 0.1) is 25.6 Å². The number of benzene rings is 3. The maximum absolute atomic E-state index is 10.8. The molecule has 0 heterocycles. The summed E-state index contributed by atoms with van der Waals surface area (Å²) in [5.41, 5.74) is 3.15. The number of para-hydroxylation sites is 1. The molecule has 0 aliphatic carbocycles. The number of rotatable bonds is 7. The van der Waals surface area contributed by atoms with Gasteiger partial charge in [-0.3, -0.25) is 0 Å². The van der Waals surface area contributed by atoms with Gasteiger partial charge in [0.1, 0.15) is 17.2 Å². The second-order valence-electron chi connectivity index (χ2n) is 5.79. The number of methoxy groups -OCH3 is 2. The fourth-order valence-electron chi connectivity index (χ4n) is 2.91. The predicted octanol–water partition coefficient (Wildman–Crippen LogP) is 5.11.